The average molecular weight is 614 g/mol. The molecule has 6 rings (SSSR count). The zero-order valence-electron chi connectivity index (χ0n) is 21.8. The van der Waals surface area contributed by atoms with Gasteiger partial charge in [0, 0.05) is 17.2 Å². The second-order valence-corrected chi connectivity index (χ2v) is 12.8. The van der Waals surface area contributed by atoms with Crippen LogP contribution in [0.5, 0.6) is 0 Å². The van der Waals surface area contributed by atoms with Crippen LogP contribution in [-0.2, 0) is 25.0 Å². The number of hydrogen-bond donors (Lipinski definition) is 0. The number of halogens is 1. The Morgan fingerprint density at radius 2 is 1.43 bits per heavy atom. The molecule has 0 aromatic heterocycles. The van der Waals surface area contributed by atoms with E-state index in [0.717, 1.165) is 14.3 Å². The molecule has 2 atom stereocenters. The number of nitrogens with zero attached hydrogens (tertiary/aromatic N) is 2. The molecule has 0 aliphatic carbocycles. The molecule has 200 valence electrons. The van der Waals surface area contributed by atoms with Crippen molar-refractivity contribution in [2.45, 2.75) is 23.2 Å². The topological polar surface area (TPSA) is 74.8 Å². The van der Waals surface area contributed by atoms with Crippen LogP contribution in [0.25, 0.3) is 5.70 Å². The van der Waals surface area contributed by atoms with Crippen LogP contribution in [0, 0.1) is 6.92 Å². The molecule has 0 fully saturated rings. The zero-order chi connectivity index (χ0) is 28.2. The van der Waals surface area contributed by atoms with Gasteiger partial charge >= 0.3 is 0 Å². The van der Waals surface area contributed by atoms with Crippen molar-refractivity contribution in [1.29, 1.82) is 0 Å². The highest BCUT2D eigenvalue weighted by Crippen LogP contribution is 2.55. The summed E-state index contributed by atoms with van der Waals surface area (Å²) in [5.74, 6) is -2.10. The summed E-state index contributed by atoms with van der Waals surface area (Å²) >= 11 is 3.44. The zero-order valence-corrected chi connectivity index (χ0v) is 24.2. The number of amides is 2. The number of carbonyl (C=O) groups excluding carboxylic acids is 2. The summed E-state index contributed by atoms with van der Waals surface area (Å²) in [6.45, 7) is 1.87. The van der Waals surface area contributed by atoms with Crippen LogP contribution in [0.3, 0.4) is 0 Å². The van der Waals surface area contributed by atoms with Gasteiger partial charge in [-0.2, -0.15) is 0 Å². The number of sulfonamides is 1. The van der Waals surface area contributed by atoms with E-state index in [0.29, 0.717) is 22.4 Å². The molecule has 40 heavy (non-hydrogen) atoms. The fourth-order valence-corrected chi connectivity index (χ4v) is 7.48. The molecule has 0 saturated carbocycles. The summed E-state index contributed by atoms with van der Waals surface area (Å²) < 4.78 is 30.3. The predicted octanol–water partition coefficient (Wildman–Crippen LogP) is 6.03. The fraction of sp³-hybridized carbons (Fsp3) is 0.125. The summed E-state index contributed by atoms with van der Waals surface area (Å²) in [6, 6.07) is 29.8. The van der Waals surface area contributed by atoms with Gasteiger partial charge in [-0.1, -0.05) is 94.3 Å². The second-order valence-electron chi connectivity index (χ2n) is 10.1. The number of carbonyl (C=O) groups is 2. The van der Waals surface area contributed by atoms with E-state index < -0.39 is 27.3 Å². The largest absolute Gasteiger partial charge is 0.314 e. The maximum atomic E-state index is 14.8. The number of aryl methyl sites for hydroxylation is 1. The minimum atomic E-state index is -4.35. The van der Waals surface area contributed by atoms with Gasteiger partial charge in [-0.15, -0.1) is 0 Å². The van der Waals surface area contributed by atoms with Gasteiger partial charge < -0.3 is 4.90 Å². The van der Waals surface area contributed by atoms with Gasteiger partial charge in [-0.25, -0.2) is 12.7 Å². The lowest BCUT2D eigenvalue weighted by atomic mass is 9.65. The summed E-state index contributed by atoms with van der Waals surface area (Å²) in [6.07, 6.45) is 1.69. The van der Waals surface area contributed by atoms with Gasteiger partial charge in [-0.05, 0) is 60.0 Å². The second kappa shape index (κ2) is 9.57. The molecular weight excluding hydrogens is 588 g/mol. The molecule has 0 bridgehead atoms. The lowest BCUT2D eigenvalue weighted by molar-refractivity contribution is -0.133. The van der Waals surface area contributed by atoms with Crippen molar-refractivity contribution >= 4 is 49.2 Å². The molecule has 2 aliphatic heterocycles. The first-order chi connectivity index (χ1) is 19.2. The maximum absolute atomic E-state index is 14.8. The van der Waals surface area contributed by atoms with Crippen molar-refractivity contribution < 1.29 is 18.0 Å². The van der Waals surface area contributed by atoms with Crippen LogP contribution < -0.4 is 4.90 Å². The van der Waals surface area contributed by atoms with Crippen LogP contribution in [0.2, 0.25) is 0 Å². The molecule has 2 aliphatic rings. The first-order valence-corrected chi connectivity index (χ1v) is 15.0. The van der Waals surface area contributed by atoms with Crippen molar-refractivity contribution in [3.8, 4) is 0 Å². The first-order valence-electron chi connectivity index (χ1n) is 12.7. The van der Waals surface area contributed by atoms with Crippen LogP contribution in [-0.4, -0.2) is 31.6 Å². The molecule has 2 amide bonds. The molecule has 2 unspecified atom stereocenters. The molecule has 0 N–H and O–H groups in total. The molecular formula is C32H25BrN2O4S. The summed E-state index contributed by atoms with van der Waals surface area (Å²) in [7, 11) is -2.67. The molecule has 4 aromatic rings. The number of hydrogen-bond acceptors (Lipinski definition) is 4. The highest BCUT2D eigenvalue weighted by molar-refractivity contribution is 9.10. The van der Waals surface area contributed by atoms with Gasteiger partial charge in [0.15, 0.2) is 0 Å². The molecule has 6 nitrogen and oxygen atoms in total. The van der Waals surface area contributed by atoms with E-state index in [9.17, 15) is 18.0 Å². The highest BCUT2D eigenvalue weighted by Gasteiger charge is 2.61. The normalized spacial score (nSPS) is 20.6. The van der Waals surface area contributed by atoms with Crippen LogP contribution >= 0.6 is 15.9 Å². The number of anilines is 1. The Morgan fingerprint density at radius 1 is 0.800 bits per heavy atom. The van der Waals surface area contributed by atoms with Gasteiger partial charge in [-0.3, -0.25) is 9.59 Å². The lowest BCUT2D eigenvalue weighted by Crippen LogP contribution is -2.53. The van der Waals surface area contributed by atoms with E-state index in [2.05, 4.69) is 15.9 Å². The van der Waals surface area contributed by atoms with Crippen molar-refractivity contribution in [2.75, 3.05) is 11.9 Å². The molecule has 0 radical (unpaired) electrons. The van der Waals surface area contributed by atoms with E-state index in [1.807, 2.05) is 37.3 Å². The number of rotatable bonds is 4. The summed E-state index contributed by atoms with van der Waals surface area (Å²) in [5, 5.41) is 0. The smallest absolute Gasteiger partial charge is 0.270 e. The highest BCUT2D eigenvalue weighted by atomic mass is 79.9. The summed E-state index contributed by atoms with van der Waals surface area (Å²) in [4.78, 5) is 30.7. The number of likely N-dealkylation sites (N-methyl/N-ethyl adjacent to an activating group) is 1. The Morgan fingerprint density at radius 3 is 2.10 bits per heavy atom. The number of para-hydroxylation sites is 1. The van der Waals surface area contributed by atoms with Gasteiger partial charge in [0.2, 0.25) is 11.8 Å². The Hall–Kier alpha value is -4.01. The fourth-order valence-electron chi connectivity index (χ4n) is 5.76. The Kier molecular flexibility index (Phi) is 6.27. The SMILES string of the molecule is Cc1ccc(S(=O)(=O)N2C(=O)C(c3ccccc3)C3(C=C2c2ccc(Br)cc2)C(=O)N(C)c2ccccc23)cc1. The van der Waals surface area contributed by atoms with Gasteiger partial charge in [0.25, 0.3) is 10.0 Å². The minimum Gasteiger partial charge on any atom is -0.314 e. The third-order valence-corrected chi connectivity index (χ3v) is 9.94. The molecule has 1 spiro atoms. The van der Waals surface area contributed by atoms with Crippen LogP contribution in [0.1, 0.15) is 28.2 Å². The van der Waals surface area contributed by atoms with E-state index in [4.69, 9.17) is 0 Å². The third kappa shape index (κ3) is 3.85. The van der Waals surface area contributed by atoms with Gasteiger partial charge in [0.05, 0.1) is 16.5 Å². The maximum Gasteiger partial charge on any atom is 0.270 e. The standard InChI is InChI=1S/C32H25BrN2O4S/c1-21-12-18-25(19-13-21)40(38,39)35-28(22-14-16-24(33)17-15-22)20-32(29(30(35)36)23-8-4-3-5-9-23)26-10-6-7-11-27(26)34(2)31(32)37/h3-20,29H,1-2H3. The lowest BCUT2D eigenvalue weighted by Gasteiger charge is -2.42. The first kappa shape index (κ1) is 26.2. The third-order valence-electron chi connectivity index (χ3n) is 7.69. The van der Waals surface area contributed by atoms with Crippen LogP contribution in [0.4, 0.5) is 5.69 Å². The molecule has 2 heterocycles. The number of benzene rings is 4. The van der Waals surface area contributed by atoms with Crippen molar-refractivity contribution in [2.24, 2.45) is 0 Å². The van der Waals surface area contributed by atoms with E-state index in [1.54, 1.807) is 78.7 Å². The van der Waals surface area contributed by atoms with Crippen LogP contribution in [0.15, 0.2) is 119 Å². The predicted molar refractivity (Wildman–Crippen MR) is 158 cm³/mol. The molecule has 0 saturated heterocycles. The van der Waals surface area contributed by atoms with E-state index in [-0.39, 0.29) is 16.5 Å². The molecule has 8 heteroatoms. The van der Waals surface area contributed by atoms with Crippen molar-refractivity contribution in [1.82, 2.24) is 4.31 Å². The minimum absolute atomic E-state index is 0.00695. The van der Waals surface area contributed by atoms with Gasteiger partial charge in [0.1, 0.15) is 5.41 Å². The number of fused-ring (bicyclic) bond motifs is 2. The van der Waals surface area contributed by atoms with Crippen molar-refractivity contribution in [3.63, 3.8) is 0 Å². The Bertz CT molecular complexity index is 1790. The van der Waals surface area contributed by atoms with E-state index in [1.165, 1.54) is 12.1 Å². The summed E-state index contributed by atoms with van der Waals surface area (Å²) in [5.41, 5.74) is 1.98. The van der Waals surface area contributed by atoms with Crippen molar-refractivity contribution in [3.05, 3.63) is 136 Å². The Labute approximate surface area is 241 Å². The quantitative estimate of drug-likeness (QED) is 0.282. The average Bonchev–Trinajstić information content (AvgIpc) is 3.16. The van der Waals surface area contributed by atoms with E-state index >= 15 is 0 Å². The monoisotopic (exact) mass is 612 g/mol. The molecule has 4 aromatic carbocycles. The Balaban J connectivity index is 1.71.